The summed E-state index contributed by atoms with van der Waals surface area (Å²) >= 11 is 5.92. The van der Waals surface area contributed by atoms with Gasteiger partial charge in [0.2, 0.25) is 5.91 Å². The van der Waals surface area contributed by atoms with Crippen LogP contribution in [0.1, 0.15) is 26.2 Å². The van der Waals surface area contributed by atoms with E-state index >= 15 is 0 Å². The highest BCUT2D eigenvalue weighted by atomic mass is 35.5. The van der Waals surface area contributed by atoms with E-state index in [4.69, 9.17) is 11.6 Å². The lowest BCUT2D eigenvalue weighted by atomic mass is 10.2. The van der Waals surface area contributed by atoms with Gasteiger partial charge in [-0.3, -0.25) is 9.52 Å². The first kappa shape index (κ1) is 24.1. The zero-order chi connectivity index (χ0) is 22.4. The molecule has 0 saturated heterocycles. The fourth-order valence-corrected chi connectivity index (χ4v) is 5.19. The van der Waals surface area contributed by atoms with Crippen molar-refractivity contribution in [3.8, 4) is 0 Å². The minimum absolute atomic E-state index is 0.0452. The number of benzene rings is 2. The van der Waals surface area contributed by atoms with E-state index in [1.807, 2.05) is 6.92 Å². The monoisotopic (exact) mass is 476 g/mol. The van der Waals surface area contributed by atoms with Crippen LogP contribution < -0.4 is 10.0 Å². The van der Waals surface area contributed by atoms with Crippen molar-refractivity contribution in [1.82, 2.24) is 0 Å². The maximum absolute atomic E-state index is 13.9. The van der Waals surface area contributed by atoms with Gasteiger partial charge in [0, 0.05) is 5.02 Å². The standard InChI is InChI=1S/C19H22ClFN2O5S2/c1-2-3-6-11-29(25,26)13-19(24)22-17-12-14(20)9-10-16(17)23-30(27,28)18-8-5-4-7-15(18)21/h4-5,7-10,12,23H,2-3,6,11,13H2,1H3,(H,22,24). The Hall–Kier alpha value is -2.17. The number of sulfonamides is 1. The summed E-state index contributed by atoms with van der Waals surface area (Å²) in [5.41, 5.74) is -0.129. The molecule has 0 spiro atoms. The third-order valence-electron chi connectivity index (χ3n) is 4.04. The van der Waals surface area contributed by atoms with Gasteiger partial charge in [-0.25, -0.2) is 21.2 Å². The second-order valence-electron chi connectivity index (χ2n) is 6.57. The number of nitrogens with one attached hydrogen (secondary N) is 2. The predicted molar refractivity (Wildman–Crippen MR) is 115 cm³/mol. The molecule has 1 amide bonds. The molecule has 164 valence electrons. The normalized spacial score (nSPS) is 11.8. The van der Waals surface area contributed by atoms with Gasteiger partial charge in [-0.2, -0.15) is 0 Å². The number of halogens is 2. The van der Waals surface area contributed by atoms with Gasteiger partial charge in [-0.05, 0) is 36.8 Å². The molecule has 0 aliphatic rings. The Bertz CT molecular complexity index is 1120. The summed E-state index contributed by atoms with van der Waals surface area (Å²) in [6.45, 7) is 1.93. The number of hydrogen-bond acceptors (Lipinski definition) is 5. The average Bonchev–Trinajstić information content (AvgIpc) is 2.63. The number of hydrogen-bond donors (Lipinski definition) is 2. The SMILES string of the molecule is CCCCCS(=O)(=O)CC(=O)Nc1cc(Cl)ccc1NS(=O)(=O)c1ccccc1F. The molecule has 2 aromatic rings. The van der Waals surface area contributed by atoms with Crippen molar-refractivity contribution in [2.24, 2.45) is 0 Å². The Morgan fingerprint density at radius 2 is 1.73 bits per heavy atom. The number of anilines is 2. The van der Waals surface area contributed by atoms with Gasteiger partial charge in [-0.1, -0.05) is 43.5 Å². The summed E-state index contributed by atoms with van der Waals surface area (Å²) in [7, 11) is -7.92. The van der Waals surface area contributed by atoms with E-state index in [1.54, 1.807) is 0 Å². The molecule has 0 heterocycles. The van der Waals surface area contributed by atoms with E-state index < -0.39 is 42.2 Å². The number of amides is 1. The largest absolute Gasteiger partial charge is 0.323 e. The summed E-state index contributed by atoms with van der Waals surface area (Å²) in [5.74, 6) is -2.64. The fraction of sp³-hybridized carbons (Fsp3) is 0.316. The maximum atomic E-state index is 13.9. The molecule has 0 fully saturated rings. The van der Waals surface area contributed by atoms with Crippen LogP contribution in [0.2, 0.25) is 5.02 Å². The van der Waals surface area contributed by atoms with Crippen molar-refractivity contribution < 1.29 is 26.0 Å². The molecule has 2 N–H and O–H groups in total. The molecule has 0 aliphatic carbocycles. The quantitative estimate of drug-likeness (QED) is 0.506. The van der Waals surface area contributed by atoms with Gasteiger partial charge in [0.15, 0.2) is 9.84 Å². The Labute approximate surface area is 180 Å². The highest BCUT2D eigenvalue weighted by molar-refractivity contribution is 7.92. The van der Waals surface area contributed by atoms with Gasteiger partial charge < -0.3 is 5.32 Å². The van der Waals surface area contributed by atoms with Crippen molar-refractivity contribution in [2.75, 3.05) is 21.5 Å². The van der Waals surface area contributed by atoms with Gasteiger partial charge >= 0.3 is 0 Å². The molecule has 7 nitrogen and oxygen atoms in total. The molecule has 0 radical (unpaired) electrons. The molecule has 0 bridgehead atoms. The second kappa shape index (κ2) is 10.2. The Balaban J connectivity index is 2.21. The molecule has 0 aliphatic heterocycles. The number of rotatable bonds is 10. The van der Waals surface area contributed by atoms with Crippen LogP contribution in [0.25, 0.3) is 0 Å². The van der Waals surface area contributed by atoms with Crippen LogP contribution in [0.15, 0.2) is 47.4 Å². The van der Waals surface area contributed by atoms with Crippen LogP contribution in [0, 0.1) is 5.82 Å². The molecule has 0 unspecified atom stereocenters. The van der Waals surface area contributed by atoms with Crippen molar-refractivity contribution in [2.45, 2.75) is 31.1 Å². The van der Waals surface area contributed by atoms with Crippen molar-refractivity contribution >= 4 is 48.7 Å². The van der Waals surface area contributed by atoms with Crippen LogP contribution in [0.4, 0.5) is 15.8 Å². The number of unbranched alkanes of at least 4 members (excludes halogenated alkanes) is 2. The third-order valence-corrected chi connectivity index (χ3v) is 7.28. The Morgan fingerprint density at radius 3 is 2.40 bits per heavy atom. The van der Waals surface area contributed by atoms with Crippen molar-refractivity contribution in [1.29, 1.82) is 0 Å². The highest BCUT2D eigenvalue weighted by Crippen LogP contribution is 2.28. The van der Waals surface area contributed by atoms with Gasteiger partial charge in [0.25, 0.3) is 10.0 Å². The Kier molecular flexibility index (Phi) is 8.22. The van der Waals surface area contributed by atoms with Crippen LogP contribution >= 0.6 is 11.6 Å². The summed E-state index contributed by atoms with van der Waals surface area (Å²) in [6.07, 6.45) is 2.03. The minimum atomic E-state index is -4.30. The molecule has 0 saturated carbocycles. The first-order valence-electron chi connectivity index (χ1n) is 9.11. The Morgan fingerprint density at radius 1 is 1.03 bits per heavy atom. The average molecular weight is 477 g/mol. The maximum Gasteiger partial charge on any atom is 0.264 e. The number of carbonyl (C=O) groups is 1. The third kappa shape index (κ3) is 6.96. The second-order valence-corrected chi connectivity index (χ2v) is 10.8. The van der Waals surface area contributed by atoms with Crippen molar-refractivity contribution in [3.05, 3.63) is 53.3 Å². The lowest BCUT2D eigenvalue weighted by Crippen LogP contribution is -2.25. The van der Waals surface area contributed by atoms with E-state index in [0.717, 1.165) is 25.0 Å². The van der Waals surface area contributed by atoms with Gasteiger partial charge in [0.1, 0.15) is 16.5 Å². The number of sulfone groups is 1. The minimum Gasteiger partial charge on any atom is -0.323 e. The molecule has 2 aromatic carbocycles. The van der Waals surface area contributed by atoms with E-state index in [9.17, 15) is 26.0 Å². The summed E-state index contributed by atoms with van der Waals surface area (Å²) in [6, 6.07) is 8.73. The van der Waals surface area contributed by atoms with E-state index in [2.05, 4.69) is 10.0 Å². The molecule has 30 heavy (non-hydrogen) atoms. The molecular weight excluding hydrogens is 455 g/mol. The summed E-state index contributed by atoms with van der Waals surface area (Å²) in [4.78, 5) is 11.7. The molecule has 0 atom stereocenters. The molecular formula is C19H22ClFN2O5S2. The van der Waals surface area contributed by atoms with E-state index in [0.29, 0.717) is 6.42 Å². The van der Waals surface area contributed by atoms with Crippen LogP contribution in [-0.4, -0.2) is 34.2 Å². The van der Waals surface area contributed by atoms with Crippen LogP contribution in [0.3, 0.4) is 0 Å². The molecule has 0 aromatic heterocycles. The highest BCUT2D eigenvalue weighted by Gasteiger charge is 2.22. The van der Waals surface area contributed by atoms with Gasteiger partial charge in [0.05, 0.1) is 17.1 Å². The zero-order valence-electron chi connectivity index (χ0n) is 16.2. The predicted octanol–water partition coefficient (Wildman–Crippen LogP) is 3.82. The van der Waals surface area contributed by atoms with Crippen molar-refractivity contribution in [3.63, 3.8) is 0 Å². The lowest BCUT2D eigenvalue weighted by molar-refractivity contribution is -0.113. The van der Waals surface area contributed by atoms with E-state index in [-0.39, 0.29) is 22.2 Å². The fourth-order valence-electron chi connectivity index (χ4n) is 2.60. The number of carbonyl (C=O) groups excluding carboxylic acids is 1. The zero-order valence-corrected chi connectivity index (χ0v) is 18.6. The molecule has 11 heteroatoms. The van der Waals surface area contributed by atoms with Crippen LogP contribution in [-0.2, 0) is 24.7 Å². The summed E-state index contributed by atoms with van der Waals surface area (Å²) in [5, 5.41) is 2.55. The topological polar surface area (TPSA) is 109 Å². The first-order chi connectivity index (χ1) is 14.0. The molecule has 2 rings (SSSR count). The summed E-state index contributed by atoms with van der Waals surface area (Å²) < 4.78 is 65.3. The van der Waals surface area contributed by atoms with Crippen LogP contribution in [0.5, 0.6) is 0 Å². The van der Waals surface area contributed by atoms with Gasteiger partial charge in [-0.15, -0.1) is 0 Å². The lowest BCUT2D eigenvalue weighted by Gasteiger charge is -2.14. The van der Waals surface area contributed by atoms with E-state index in [1.165, 1.54) is 30.3 Å². The first-order valence-corrected chi connectivity index (χ1v) is 12.8. The smallest absolute Gasteiger partial charge is 0.264 e.